The number of rotatable bonds is 2. The highest BCUT2D eigenvalue weighted by Gasteiger charge is 2.26. The van der Waals surface area contributed by atoms with Gasteiger partial charge in [-0.1, -0.05) is 0 Å². The normalized spacial score (nSPS) is 16.2. The average molecular weight is 265 g/mol. The van der Waals surface area contributed by atoms with Crippen LogP contribution in [0.5, 0.6) is 0 Å². The molecule has 6 heteroatoms. The molecule has 0 spiro atoms. The third-order valence-electron chi connectivity index (χ3n) is 3.29. The SMILES string of the molecule is CC(=O)N1CCC(C(=O)Nc2ccc(F)cn2)CC1. The average Bonchev–Trinajstić information content (AvgIpc) is 2.41. The second kappa shape index (κ2) is 5.77. The van der Waals surface area contributed by atoms with Gasteiger partial charge in [0.25, 0.3) is 0 Å². The number of carbonyl (C=O) groups is 2. The number of likely N-dealkylation sites (tertiary alicyclic amines) is 1. The lowest BCUT2D eigenvalue weighted by Gasteiger charge is -2.30. The van der Waals surface area contributed by atoms with Gasteiger partial charge in [-0.25, -0.2) is 9.37 Å². The number of hydrogen-bond acceptors (Lipinski definition) is 3. The summed E-state index contributed by atoms with van der Waals surface area (Å²) in [6, 6.07) is 2.68. The van der Waals surface area contributed by atoms with Gasteiger partial charge in [-0.2, -0.15) is 0 Å². The van der Waals surface area contributed by atoms with Crippen molar-refractivity contribution in [3.8, 4) is 0 Å². The fourth-order valence-corrected chi connectivity index (χ4v) is 2.13. The van der Waals surface area contributed by atoms with Crippen LogP contribution in [0, 0.1) is 11.7 Å². The lowest BCUT2D eigenvalue weighted by atomic mass is 9.96. The maximum atomic E-state index is 12.7. The van der Waals surface area contributed by atoms with Crippen LogP contribution in [0.1, 0.15) is 19.8 Å². The molecule has 0 aliphatic carbocycles. The number of carbonyl (C=O) groups excluding carboxylic acids is 2. The summed E-state index contributed by atoms with van der Waals surface area (Å²) in [5.74, 6) is -0.294. The number of piperidine rings is 1. The van der Waals surface area contributed by atoms with Gasteiger partial charge in [-0.05, 0) is 25.0 Å². The molecule has 0 bridgehead atoms. The highest BCUT2D eigenvalue weighted by atomic mass is 19.1. The molecule has 102 valence electrons. The number of aromatic nitrogens is 1. The monoisotopic (exact) mass is 265 g/mol. The van der Waals surface area contributed by atoms with Gasteiger partial charge in [0.2, 0.25) is 11.8 Å². The molecule has 5 nitrogen and oxygen atoms in total. The first kappa shape index (κ1) is 13.5. The van der Waals surface area contributed by atoms with Crippen molar-refractivity contribution < 1.29 is 14.0 Å². The van der Waals surface area contributed by atoms with E-state index < -0.39 is 5.82 Å². The molecule has 1 N–H and O–H groups in total. The summed E-state index contributed by atoms with van der Waals surface area (Å²) in [6.07, 6.45) is 2.35. The molecule has 0 aromatic carbocycles. The molecule has 0 saturated carbocycles. The van der Waals surface area contributed by atoms with E-state index in [0.717, 1.165) is 6.20 Å². The summed E-state index contributed by atoms with van der Waals surface area (Å²) >= 11 is 0. The first-order chi connectivity index (χ1) is 9.06. The van der Waals surface area contributed by atoms with Gasteiger partial charge in [-0.15, -0.1) is 0 Å². The van der Waals surface area contributed by atoms with Gasteiger partial charge in [0.15, 0.2) is 0 Å². The van der Waals surface area contributed by atoms with Gasteiger partial charge in [0.1, 0.15) is 11.6 Å². The molecule has 19 heavy (non-hydrogen) atoms. The van der Waals surface area contributed by atoms with E-state index in [1.807, 2.05) is 0 Å². The van der Waals surface area contributed by atoms with E-state index in [-0.39, 0.29) is 17.7 Å². The molecule has 2 heterocycles. The van der Waals surface area contributed by atoms with Crippen LogP contribution in [-0.4, -0.2) is 34.8 Å². The Labute approximate surface area is 110 Å². The first-order valence-corrected chi connectivity index (χ1v) is 6.24. The third kappa shape index (κ3) is 3.49. The van der Waals surface area contributed by atoms with Crippen molar-refractivity contribution in [1.29, 1.82) is 0 Å². The zero-order valence-corrected chi connectivity index (χ0v) is 10.7. The molecule has 1 aromatic rings. The number of anilines is 1. The summed E-state index contributed by atoms with van der Waals surface area (Å²) in [5.41, 5.74) is 0. The van der Waals surface area contributed by atoms with Crippen molar-refractivity contribution >= 4 is 17.6 Å². The molecular weight excluding hydrogens is 249 g/mol. The predicted molar refractivity (Wildman–Crippen MR) is 67.8 cm³/mol. The van der Waals surface area contributed by atoms with E-state index in [2.05, 4.69) is 10.3 Å². The number of nitrogens with zero attached hydrogens (tertiary/aromatic N) is 2. The molecule has 2 rings (SSSR count). The summed E-state index contributed by atoms with van der Waals surface area (Å²) in [7, 11) is 0. The first-order valence-electron chi connectivity index (χ1n) is 6.24. The maximum Gasteiger partial charge on any atom is 0.228 e. The third-order valence-corrected chi connectivity index (χ3v) is 3.29. The van der Waals surface area contributed by atoms with Crippen LogP contribution >= 0.6 is 0 Å². The van der Waals surface area contributed by atoms with Crippen LogP contribution < -0.4 is 5.32 Å². The van der Waals surface area contributed by atoms with E-state index in [9.17, 15) is 14.0 Å². The fraction of sp³-hybridized carbons (Fsp3) is 0.462. The molecular formula is C13H16FN3O2. The van der Waals surface area contributed by atoms with Crippen molar-refractivity contribution in [3.05, 3.63) is 24.1 Å². The lowest BCUT2D eigenvalue weighted by molar-refractivity contribution is -0.132. The predicted octanol–water partition coefficient (Wildman–Crippen LogP) is 1.42. The Bertz CT molecular complexity index is 467. The molecule has 1 fully saturated rings. The van der Waals surface area contributed by atoms with Crippen LogP contribution in [0.15, 0.2) is 18.3 Å². The Morgan fingerprint density at radius 1 is 1.37 bits per heavy atom. The maximum absolute atomic E-state index is 12.7. The van der Waals surface area contributed by atoms with Gasteiger partial charge in [0.05, 0.1) is 6.20 Å². The number of nitrogens with one attached hydrogen (secondary N) is 1. The van der Waals surface area contributed by atoms with E-state index in [1.165, 1.54) is 19.1 Å². The standard InChI is InChI=1S/C13H16FN3O2/c1-9(18)17-6-4-10(5-7-17)13(19)16-12-3-2-11(14)8-15-12/h2-3,8,10H,4-7H2,1H3,(H,15,16,19). The minimum atomic E-state index is -0.437. The van der Waals surface area contributed by atoms with Gasteiger partial charge in [-0.3, -0.25) is 9.59 Å². The van der Waals surface area contributed by atoms with E-state index in [1.54, 1.807) is 4.90 Å². The van der Waals surface area contributed by atoms with Crippen molar-refractivity contribution in [2.45, 2.75) is 19.8 Å². The summed E-state index contributed by atoms with van der Waals surface area (Å²) in [6.45, 7) is 2.73. The summed E-state index contributed by atoms with van der Waals surface area (Å²) in [5, 5.41) is 2.66. The van der Waals surface area contributed by atoms with E-state index >= 15 is 0 Å². The largest absolute Gasteiger partial charge is 0.343 e. The van der Waals surface area contributed by atoms with Gasteiger partial charge >= 0.3 is 0 Å². The Kier molecular flexibility index (Phi) is 4.09. The van der Waals surface area contributed by atoms with E-state index in [4.69, 9.17) is 0 Å². The smallest absolute Gasteiger partial charge is 0.228 e. The highest BCUT2D eigenvalue weighted by molar-refractivity contribution is 5.91. The van der Waals surface area contributed by atoms with Crippen LogP contribution in [0.25, 0.3) is 0 Å². The lowest BCUT2D eigenvalue weighted by Crippen LogP contribution is -2.40. The highest BCUT2D eigenvalue weighted by Crippen LogP contribution is 2.19. The topological polar surface area (TPSA) is 62.3 Å². The molecule has 0 atom stereocenters. The van der Waals surface area contributed by atoms with Gasteiger partial charge < -0.3 is 10.2 Å². The van der Waals surface area contributed by atoms with Crippen LogP contribution in [0.2, 0.25) is 0 Å². The quantitative estimate of drug-likeness (QED) is 0.879. The van der Waals surface area contributed by atoms with Crippen molar-refractivity contribution in [3.63, 3.8) is 0 Å². The number of amides is 2. The number of halogens is 1. The minimum absolute atomic E-state index is 0.0408. The molecule has 0 unspecified atom stereocenters. The van der Waals surface area contributed by atoms with Crippen LogP contribution in [0.4, 0.5) is 10.2 Å². The number of hydrogen-bond donors (Lipinski definition) is 1. The second-order valence-corrected chi connectivity index (χ2v) is 4.63. The Morgan fingerprint density at radius 2 is 2.05 bits per heavy atom. The molecule has 2 amide bonds. The molecule has 1 aliphatic rings. The van der Waals surface area contributed by atoms with Crippen LogP contribution in [-0.2, 0) is 9.59 Å². The summed E-state index contributed by atoms with van der Waals surface area (Å²) in [4.78, 5) is 28.7. The minimum Gasteiger partial charge on any atom is -0.343 e. The van der Waals surface area contributed by atoms with Crippen LogP contribution in [0.3, 0.4) is 0 Å². The van der Waals surface area contributed by atoms with Crippen molar-refractivity contribution in [1.82, 2.24) is 9.88 Å². The zero-order valence-electron chi connectivity index (χ0n) is 10.7. The Balaban J connectivity index is 1.88. The van der Waals surface area contributed by atoms with Gasteiger partial charge in [0, 0.05) is 25.9 Å². The summed E-state index contributed by atoms with van der Waals surface area (Å²) < 4.78 is 12.7. The fourth-order valence-electron chi connectivity index (χ4n) is 2.13. The zero-order chi connectivity index (χ0) is 13.8. The Hall–Kier alpha value is -1.98. The Morgan fingerprint density at radius 3 is 2.58 bits per heavy atom. The van der Waals surface area contributed by atoms with Crippen molar-refractivity contribution in [2.75, 3.05) is 18.4 Å². The second-order valence-electron chi connectivity index (χ2n) is 4.63. The van der Waals surface area contributed by atoms with E-state index in [0.29, 0.717) is 31.7 Å². The molecule has 1 aliphatic heterocycles. The number of pyridine rings is 1. The molecule has 0 radical (unpaired) electrons. The van der Waals surface area contributed by atoms with Crippen molar-refractivity contribution in [2.24, 2.45) is 5.92 Å². The molecule has 1 saturated heterocycles. The molecule has 1 aromatic heterocycles.